The van der Waals surface area contributed by atoms with Crippen molar-refractivity contribution >= 4 is 11.7 Å². The van der Waals surface area contributed by atoms with Gasteiger partial charge in [-0.25, -0.2) is 9.37 Å². The average Bonchev–Trinajstić information content (AvgIpc) is 3.01. The molecule has 0 radical (unpaired) electrons. The van der Waals surface area contributed by atoms with Crippen LogP contribution in [0.1, 0.15) is 71.5 Å². The topological polar surface area (TPSA) is 106 Å². The van der Waals surface area contributed by atoms with Crippen LogP contribution in [0.3, 0.4) is 0 Å². The third-order valence-electron chi connectivity index (χ3n) is 7.40. The van der Waals surface area contributed by atoms with E-state index < -0.39 is 61.0 Å². The maximum absolute atomic E-state index is 14.7. The zero-order valence-corrected chi connectivity index (χ0v) is 21.3. The van der Waals surface area contributed by atoms with E-state index in [2.05, 4.69) is 25.5 Å². The van der Waals surface area contributed by atoms with Crippen LogP contribution >= 0.6 is 0 Å². The number of pyridine rings is 1. The lowest BCUT2D eigenvalue weighted by Crippen LogP contribution is -2.65. The van der Waals surface area contributed by atoms with Crippen LogP contribution < -0.4 is 19.7 Å². The van der Waals surface area contributed by atoms with Crippen LogP contribution in [0, 0.1) is 11.2 Å². The van der Waals surface area contributed by atoms with E-state index in [4.69, 9.17) is 25.9 Å². The Morgan fingerprint density at radius 1 is 1.32 bits per heavy atom. The highest BCUT2D eigenvalue weighted by atomic mass is 19.1. The van der Waals surface area contributed by atoms with Gasteiger partial charge < -0.3 is 24.6 Å². The molecule has 0 bridgehead atoms. The molecule has 4 heterocycles. The highest BCUT2D eigenvalue weighted by Gasteiger charge is 2.54. The van der Waals surface area contributed by atoms with Gasteiger partial charge in [-0.15, -0.1) is 10.2 Å². The molecule has 210 valence electrons. The van der Waals surface area contributed by atoms with E-state index in [1.165, 1.54) is 0 Å². The summed E-state index contributed by atoms with van der Waals surface area (Å²) in [5.74, 6) is -3.00. The fourth-order valence-corrected chi connectivity index (χ4v) is 5.52. The quantitative estimate of drug-likeness (QED) is 0.442. The molecule has 1 saturated carbocycles. The number of hydrogen-bond donors (Lipinski definition) is 1. The number of carbonyl (C=O) groups excluding carboxylic acids is 1. The van der Waals surface area contributed by atoms with Gasteiger partial charge in [0.2, 0.25) is 0 Å². The van der Waals surface area contributed by atoms with E-state index in [9.17, 15) is 9.18 Å². The van der Waals surface area contributed by atoms with Gasteiger partial charge in [0.25, 0.3) is 11.8 Å². The van der Waals surface area contributed by atoms with Crippen LogP contribution in [0.25, 0.3) is 0 Å². The summed E-state index contributed by atoms with van der Waals surface area (Å²) in [7, 11) is 0. The van der Waals surface area contributed by atoms with E-state index in [1.54, 1.807) is 6.20 Å². The molecule has 6 rings (SSSR count). The van der Waals surface area contributed by atoms with Crippen molar-refractivity contribution in [2.75, 3.05) is 31.0 Å². The Morgan fingerprint density at radius 2 is 2.20 bits per heavy atom. The van der Waals surface area contributed by atoms with Gasteiger partial charge in [-0.1, -0.05) is 0 Å². The Morgan fingerprint density at radius 3 is 3.02 bits per heavy atom. The van der Waals surface area contributed by atoms with Crippen molar-refractivity contribution in [1.82, 2.24) is 30.4 Å². The van der Waals surface area contributed by atoms with Gasteiger partial charge in [-0.05, 0) is 57.7 Å². The van der Waals surface area contributed by atoms with Gasteiger partial charge in [0, 0.05) is 83.1 Å². The highest BCUT2D eigenvalue weighted by molar-refractivity contribution is 5.97. The summed E-state index contributed by atoms with van der Waals surface area (Å²) in [6, 6.07) is -0.0859. The third kappa shape index (κ3) is 4.94. The molecule has 2 fully saturated rings. The number of halogens is 1. The first-order valence-corrected chi connectivity index (χ1v) is 12.7. The monoisotopic (exact) mass is 559 g/mol. The van der Waals surface area contributed by atoms with Crippen LogP contribution in [0.2, 0.25) is 0 Å². The van der Waals surface area contributed by atoms with Crippen molar-refractivity contribution in [3.05, 3.63) is 59.4 Å². The predicted molar refractivity (Wildman–Crippen MR) is 146 cm³/mol. The second-order valence-corrected chi connectivity index (χ2v) is 10.1. The van der Waals surface area contributed by atoms with E-state index in [-0.39, 0.29) is 23.2 Å². The normalized spacial score (nSPS) is 23.7. The van der Waals surface area contributed by atoms with Gasteiger partial charge in [-0.2, -0.15) is 0 Å². The fourth-order valence-electron chi connectivity index (χ4n) is 5.52. The number of hydrogen-bond acceptors (Lipinski definition) is 9. The number of amides is 1. The Hall–Kier alpha value is -3.86. The van der Waals surface area contributed by atoms with Crippen molar-refractivity contribution < 1.29 is 35.1 Å². The summed E-state index contributed by atoms with van der Waals surface area (Å²) in [6.07, 6.45) is 5.20. The summed E-state index contributed by atoms with van der Waals surface area (Å²) >= 11 is 0. The van der Waals surface area contributed by atoms with Crippen molar-refractivity contribution in [2.24, 2.45) is 5.41 Å². The van der Waals surface area contributed by atoms with Crippen LogP contribution in [-0.2, 0) is 13.0 Å². The van der Waals surface area contributed by atoms with Crippen LogP contribution in [0.5, 0.6) is 17.4 Å². The number of aromatic nitrogens is 4. The van der Waals surface area contributed by atoms with E-state index >= 15 is 0 Å². The van der Waals surface area contributed by atoms with Crippen LogP contribution in [0.4, 0.5) is 10.2 Å². The Labute approximate surface area is 249 Å². The fraction of sp³-hybridized carbons (Fsp3) is 0.483. The first-order chi connectivity index (χ1) is 24.1. The number of anilines is 1. The lowest BCUT2D eigenvalue weighted by molar-refractivity contribution is -0.0350. The van der Waals surface area contributed by atoms with E-state index in [1.807, 2.05) is 11.0 Å². The lowest BCUT2D eigenvalue weighted by atomic mass is 9.61. The number of rotatable bonds is 8. The van der Waals surface area contributed by atoms with Gasteiger partial charge in [0.15, 0.2) is 5.82 Å². The molecule has 0 unspecified atom stereocenters. The second kappa shape index (κ2) is 10.6. The van der Waals surface area contributed by atoms with Crippen molar-refractivity contribution in [1.29, 1.82) is 0 Å². The lowest BCUT2D eigenvalue weighted by Gasteiger charge is -2.58. The zero-order valence-electron chi connectivity index (χ0n) is 33.3. The molecule has 1 N–H and O–H groups in total. The molecule has 1 saturated heterocycles. The van der Waals surface area contributed by atoms with Crippen molar-refractivity contribution in [2.45, 2.75) is 58.5 Å². The first-order valence-electron chi connectivity index (χ1n) is 18.7. The molecule has 10 nitrogen and oxygen atoms in total. The van der Waals surface area contributed by atoms with Gasteiger partial charge in [0.05, 0.1) is 6.93 Å². The van der Waals surface area contributed by atoms with Crippen molar-refractivity contribution in [3.63, 3.8) is 0 Å². The molecule has 3 aliphatic rings. The largest absolute Gasteiger partial charge is 0.490 e. The molecule has 0 atom stereocenters. The minimum Gasteiger partial charge on any atom is -0.490 e. The summed E-state index contributed by atoms with van der Waals surface area (Å²) in [4.78, 5) is 23.9. The van der Waals surface area contributed by atoms with E-state index in [0.29, 0.717) is 25.7 Å². The number of fused-ring (bicyclic) bond motifs is 1. The SMILES string of the molecule is [2H]C([2H])([2H])C([2H])([2H])N(C(=O)c1cc(F)ccc1Oc1nncnc1N1CC2(CC(Oc3ccnc4c3CNCC4)C2)C1)C([2H])(C([2H])([2H])[2H])C([2H])([2H])[2H]. The molecule has 1 aliphatic carbocycles. The molecular weight excluding hydrogens is 513 g/mol. The minimum atomic E-state index is -4.16. The summed E-state index contributed by atoms with van der Waals surface area (Å²) in [5.41, 5.74) is 0.994. The minimum absolute atomic E-state index is 0.0180. The zero-order chi connectivity index (χ0) is 38.1. The summed E-state index contributed by atoms with van der Waals surface area (Å²) in [6.45, 7) is -13.3. The Kier molecular flexibility index (Phi) is 4.19. The molecule has 2 aromatic heterocycles. The van der Waals surface area contributed by atoms with Crippen LogP contribution in [0.15, 0.2) is 36.8 Å². The average molecular weight is 560 g/mol. The molecule has 3 aromatic rings. The Bertz CT molecular complexity index is 1830. The molecule has 11 heteroatoms. The number of nitrogens with one attached hydrogen (secondary N) is 1. The van der Waals surface area contributed by atoms with Gasteiger partial charge >= 0.3 is 0 Å². The van der Waals surface area contributed by atoms with Gasteiger partial charge in [0.1, 0.15) is 29.7 Å². The molecule has 1 aromatic carbocycles. The molecule has 1 amide bonds. The van der Waals surface area contributed by atoms with Crippen LogP contribution in [-0.4, -0.2) is 69.2 Å². The second-order valence-electron chi connectivity index (χ2n) is 10.1. The summed E-state index contributed by atoms with van der Waals surface area (Å²) in [5, 5.41) is 11.0. The molecule has 2 aliphatic heterocycles. The Balaban J connectivity index is 1.25. The number of benzene rings is 1. The number of carbonyl (C=O) groups is 1. The molecule has 1 spiro atoms. The number of ether oxygens (including phenoxy) is 2. The van der Waals surface area contributed by atoms with E-state index in [0.717, 1.165) is 61.3 Å². The summed E-state index contributed by atoms with van der Waals surface area (Å²) < 4.78 is 122. The van der Waals surface area contributed by atoms with Crippen molar-refractivity contribution in [3.8, 4) is 17.4 Å². The smallest absolute Gasteiger partial charge is 0.282 e. The first kappa shape index (κ1) is 15.8. The van der Waals surface area contributed by atoms with Gasteiger partial charge in [-0.3, -0.25) is 9.78 Å². The molecular formula is C29H34FN7O3. The predicted octanol–water partition coefficient (Wildman–Crippen LogP) is 3.76. The standard InChI is InChI=1S/C29H34FN7O3/c1-4-37(18(2)3)28(38)21-11-19(30)5-6-24(21)40-27-26(33-17-34-35-27)36-15-29(16-36)12-20(13-29)39-25-8-10-32-23-7-9-31-14-22(23)25/h5-6,8,10-11,17-18,20,31H,4,7,9,12-16H2,1-3H3/i1D3,2D3,3D3,4D2,18D. The highest BCUT2D eigenvalue weighted by Crippen LogP contribution is 2.52. The number of nitrogens with zero attached hydrogens (tertiary/aromatic N) is 6. The maximum atomic E-state index is 14.7. The molecule has 40 heavy (non-hydrogen) atoms. The third-order valence-corrected chi connectivity index (χ3v) is 7.40. The maximum Gasteiger partial charge on any atom is 0.282 e.